The highest BCUT2D eigenvalue weighted by Crippen LogP contribution is 2.33. The molecule has 15 heavy (non-hydrogen) atoms. The summed E-state index contributed by atoms with van der Waals surface area (Å²) in [7, 11) is 0. The van der Waals surface area contributed by atoms with Crippen LogP contribution in [-0.2, 0) is 0 Å². The van der Waals surface area contributed by atoms with Crippen LogP contribution >= 0.6 is 0 Å². The predicted octanol–water partition coefficient (Wildman–Crippen LogP) is 1.98. The third-order valence-corrected chi connectivity index (χ3v) is 2.64. The average molecular weight is 208 g/mol. The number of hydrogen-bond donors (Lipinski definition) is 3. The van der Waals surface area contributed by atoms with Gasteiger partial charge < -0.3 is 5.73 Å². The largest absolute Gasteiger partial charge is 0.369 e. The van der Waals surface area contributed by atoms with Crippen molar-refractivity contribution in [3.63, 3.8) is 0 Å². The van der Waals surface area contributed by atoms with Crippen molar-refractivity contribution in [1.82, 2.24) is 5.43 Å². The Labute approximate surface area is 91.1 Å². The zero-order valence-electron chi connectivity index (χ0n) is 9.72. The average Bonchev–Trinajstić information content (AvgIpc) is 2.12. The Kier molecular flexibility index (Phi) is 3.50. The molecule has 4 N–H and O–H groups in total. The molecule has 0 aromatic carbocycles. The molecule has 4 heteroatoms. The smallest absolute Gasteiger partial charge is 0.206 e. The molecule has 0 radical (unpaired) electrons. The summed E-state index contributed by atoms with van der Waals surface area (Å²) in [6.07, 6.45) is 5.77. The van der Waals surface area contributed by atoms with Gasteiger partial charge in [0.1, 0.15) is 0 Å². The SMILES string of the molecule is C/C(=N\NC(=N)N)C1=CC(C)(C)CCC1. The van der Waals surface area contributed by atoms with Crippen molar-refractivity contribution in [3.05, 3.63) is 11.6 Å². The molecule has 0 unspecified atom stereocenters. The summed E-state index contributed by atoms with van der Waals surface area (Å²) in [5.74, 6) is -0.120. The Morgan fingerprint density at radius 3 is 2.80 bits per heavy atom. The van der Waals surface area contributed by atoms with E-state index in [9.17, 15) is 0 Å². The zero-order valence-corrected chi connectivity index (χ0v) is 9.72. The quantitative estimate of drug-likeness (QED) is 0.369. The highest BCUT2D eigenvalue weighted by atomic mass is 15.3. The molecule has 0 aromatic heterocycles. The lowest BCUT2D eigenvalue weighted by atomic mass is 9.79. The highest BCUT2D eigenvalue weighted by Gasteiger charge is 2.21. The number of nitrogens with one attached hydrogen (secondary N) is 2. The summed E-state index contributed by atoms with van der Waals surface area (Å²) in [5.41, 5.74) is 10.1. The summed E-state index contributed by atoms with van der Waals surface area (Å²) in [6.45, 7) is 6.42. The number of hydrogen-bond acceptors (Lipinski definition) is 2. The lowest BCUT2D eigenvalue weighted by molar-refractivity contribution is 0.401. The fourth-order valence-electron chi connectivity index (χ4n) is 1.85. The van der Waals surface area contributed by atoms with E-state index in [2.05, 4.69) is 30.5 Å². The van der Waals surface area contributed by atoms with Crippen LogP contribution in [0.25, 0.3) is 0 Å². The maximum atomic E-state index is 7.02. The number of rotatable bonds is 2. The molecule has 0 amide bonds. The van der Waals surface area contributed by atoms with Crippen LogP contribution in [0.15, 0.2) is 16.8 Å². The van der Waals surface area contributed by atoms with Crippen LogP contribution in [0.3, 0.4) is 0 Å². The Balaban J connectivity index is 2.75. The second-order valence-corrected chi connectivity index (χ2v) is 4.73. The molecule has 0 heterocycles. The third-order valence-electron chi connectivity index (χ3n) is 2.64. The van der Waals surface area contributed by atoms with Gasteiger partial charge >= 0.3 is 0 Å². The van der Waals surface area contributed by atoms with Crippen molar-refractivity contribution >= 4 is 11.7 Å². The third kappa shape index (κ3) is 3.73. The number of hydrazone groups is 1. The van der Waals surface area contributed by atoms with E-state index >= 15 is 0 Å². The molecule has 4 nitrogen and oxygen atoms in total. The molecule has 0 aliphatic heterocycles. The molecule has 84 valence electrons. The van der Waals surface area contributed by atoms with Crippen molar-refractivity contribution < 1.29 is 0 Å². The normalized spacial score (nSPS) is 20.7. The second-order valence-electron chi connectivity index (χ2n) is 4.73. The minimum absolute atomic E-state index is 0.120. The van der Waals surface area contributed by atoms with E-state index in [1.165, 1.54) is 18.4 Å². The Morgan fingerprint density at radius 1 is 1.60 bits per heavy atom. The monoisotopic (exact) mass is 208 g/mol. The van der Waals surface area contributed by atoms with Crippen LogP contribution in [0, 0.1) is 10.8 Å². The molecule has 1 aliphatic rings. The molecule has 1 aliphatic carbocycles. The van der Waals surface area contributed by atoms with Gasteiger partial charge in [-0.2, -0.15) is 5.10 Å². The molecule has 0 atom stereocenters. The van der Waals surface area contributed by atoms with Gasteiger partial charge in [0.25, 0.3) is 0 Å². The molecule has 0 spiro atoms. The lowest BCUT2D eigenvalue weighted by Gasteiger charge is -2.27. The van der Waals surface area contributed by atoms with Crippen LogP contribution < -0.4 is 11.2 Å². The van der Waals surface area contributed by atoms with Crippen LogP contribution in [0.4, 0.5) is 0 Å². The van der Waals surface area contributed by atoms with E-state index in [-0.39, 0.29) is 11.4 Å². The number of guanidine groups is 1. The molecule has 0 aromatic rings. The summed E-state index contributed by atoms with van der Waals surface area (Å²) in [5, 5.41) is 11.1. The van der Waals surface area contributed by atoms with Crippen LogP contribution in [-0.4, -0.2) is 11.7 Å². The van der Waals surface area contributed by atoms with Crippen molar-refractivity contribution in [1.29, 1.82) is 5.41 Å². The Bertz CT molecular complexity index is 313. The number of nitrogens with two attached hydrogens (primary N) is 1. The zero-order chi connectivity index (χ0) is 11.5. The molecule has 0 saturated carbocycles. The summed E-state index contributed by atoms with van der Waals surface area (Å²) < 4.78 is 0. The van der Waals surface area contributed by atoms with Gasteiger partial charge in [-0.15, -0.1) is 0 Å². The van der Waals surface area contributed by atoms with Crippen LogP contribution in [0.1, 0.15) is 40.0 Å². The summed E-state index contributed by atoms with van der Waals surface area (Å²) in [4.78, 5) is 0. The van der Waals surface area contributed by atoms with Crippen molar-refractivity contribution in [2.45, 2.75) is 40.0 Å². The topological polar surface area (TPSA) is 74.3 Å². The summed E-state index contributed by atoms with van der Waals surface area (Å²) >= 11 is 0. The van der Waals surface area contributed by atoms with Gasteiger partial charge in [0.05, 0.1) is 5.71 Å². The number of nitrogens with zero attached hydrogens (tertiary/aromatic N) is 1. The molecule has 1 rings (SSSR count). The molecule has 0 saturated heterocycles. The van der Waals surface area contributed by atoms with Gasteiger partial charge in [-0.25, -0.2) is 5.43 Å². The van der Waals surface area contributed by atoms with E-state index in [4.69, 9.17) is 11.1 Å². The fraction of sp³-hybridized carbons (Fsp3) is 0.636. The van der Waals surface area contributed by atoms with E-state index in [1.807, 2.05) is 6.92 Å². The molecule has 0 bridgehead atoms. The Morgan fingerprint density at radius 2 is 2.27 bits per heavy atom. The van der Waals surface area contributed by atoms with E-state index < -0.39 is 0 Å². The van der Waals surface area contributed by atoms with Gasteiger partial charge in [-0.3, -0.25) is 5.41 Å². The first-order valence-electron chi connectivity index (χ1n) is 5.27. The highest BCUT2D eigenvalue weighted by molar-refractivity contribution is 5.98. The maximum absolute atomic E-state index is 7.02. The summed E-state index contributed by atoms with van der Waals surface area (Å²) in [6, 6.07) is 0. The van der Waals surface area contributed by atoms with E-state index in [0.29, 0.717) is 0 Å². The first-order valence-corrected chi connectivity index (χ1v) is 5.27. The predicted molar refractivity (Wildman–Crippen MR) is 63.9 cm³/mol. The second kappa shape index (κ2) is 4.47. The van der Waals surface area contributed by atoms with Crippen LogP contribution in [0.2, 0.25) is 0 Å². The fourth-order valence-corrected chi connectivity index (χ4v) is 1.85. The van der Waals surface area contributed by atoms with Gasteiger partial charge in [0.2, 0.25) is 5.96 Å². The molecule has 0 fully saturated rings. The minimum atomic E-state index is -0.120. The lowest BCUT2D eigenvalue weighted by Crippen LogP contribution is -2.27. The van der Waals surface area contributed by atoms with Gasteiger partial charge in [0.15, 0.2) is 0 Å². The van der Waals surface area contributed by atoms with Gasteiger partial charge in [-0.05, 0) is 37.2 Å². The van der Waals surface area contributed by atoms with Crippen LogP contribution in [0.5, 0.6) is 0 Å². The Hall–Kier alpha value is -1.32. The molecular formula is C11H20N4. The first kappa shape index (κ1) is 11.8. The van der Waals surface area contributed by atoms with E-state index in [1.54, 1.807) is 0 Å². The molecular weight excluding hydrogens is 188 g/mol. The van der Waals surface area contributed by atoms with Crippen molar-refractivity contribution in [2.75, 3.05) is 0 Å². The van der Waals surface area contributed by atoms with Crippen molar-refractivity contribution in [3.8, 4) is 0 Å². The minimum Gasteiger partial charge on any atom is -0.369 e. The van der Waals surface area contributed by atoms with Crippen molar-refractivity contribution in [2.24, 2.45) is 16.3 Å². The van der Waals surface area contributed by atoms with Gasteiger partial charge in [0, 0.05) is 0 Å². The van der Waals surface area contributed by atoms with Gasteiger partial charge in [-0.1, -0.05) is 19.9 Å². The first-order chi connectivity index (χ1) is 6.91. The van der Waals surface area contributed by atoms with E-state index in [0.717, 1.165) is 12.1 Å². The maximum Gasteiger partial charge on any atom is 0.206 e. The standard InChI is InChI=1S/C11H20N4/c1-8(14-15-10(12)13)9-5-4-6-11(2,3)7-9/h7H,4-6H2,1-3H3,(H4,12,13,15)/b14-8+. The number of allylic oxidation sites excluding steroid dienone is 2.